The third-order valence-electron chi connectivity index (χ3n) is 1.24. The number of nitrogens with zero attached hydrogens (tertiary/aromatic N) is 1. The van der Waals surface area contributed by atoms with Crippen molar-refractivity contribution in [2.45, 2.75) is 6.42 Å². The maximum Gasteiger partial charge on any atom is 0.323 e. The summed E-state index contributed by atoms with van der Waals surface area (Å²) in [4.78, 5) is 21.8. The van der Waals surface area contributed by atoms with Gasteiger partial charge in [0.15, 0.2) is 0 Å². The highest BCUT2D eigenvalue weighted by atomic mass is 16.2. The van der Waals surface area contributed by atoms with E-state index in [1.165, 1.54) is 0 Å². The summed E-state index contributed by atoms with van der Waals surface area (Å²) in [5.41, 5.74) is 0. The van der Waals surface area contributed by atoms with E-state index in [4.69, 9.17) is 0 Å². The monoisotopic (exact) mass is 128 g/mol. The summed E-state index contributed by atoms with van der Waals surface area (Å²) in [6.45, 7) is 1.23. The quantitative estimate of drug-likeness (QED) is 0.486. The van der Waals surface area contributed by atoms with Gasteiger partial charge in [-0.25, -0.2) is 4.79 Å². The smallest absolute Gasteiger partial charge is 0.323 e. The Kier molecular flexibility index (Phi) is 1.67. The largest absolute Gasteiger partial charge is 0.338 e. The van der Waals surface area contributed by atoms with E-state index in [9.17, 15) is 9.59 Å². The van der Waals surface area contributed by atoms with Crippen molar-refractivity contribution in [3.05, 3.63) is 0 Å². The maximum atomic E-state index is 10.6. The van der Waals surface area contributed by atoms with Crippen molar-refractivity contribution in [2.75, 3.05) is 13.1 Å². The Hall–Kier alpha value is -1.06. The molecule has 0 aromatic rings. The Labute approximate surface area is 52.8 Å². The number of hydrogen-bond acceptors (Lipinski definition) is 2. The van der Waals surface area contributed by atoms with Crippen LogP contribution in [0.3, 0.4) is 0 Å². The van der Waals surface area contributed by atoms with E-state index in [1.807, 2.05) is 0 Å². The Morgan fingerprint density at radius 3 is 2.89 bits per heavy atom. The molecular formula is C5H8N2O2. The molecule has 4 nitrogen and oxygen atoms in total. The molecular weight excluding hydrogens is 120 g/mol. The molecule has 0 saturated carbocycles. The molecule has 0 aromatic heterocycles. The molecule has 4 heteroatoms. The van der Waals surface area contributed by atoms with Crippen molar-refractivity contribution in [1.82, 2.24) is 10.2 Å². The summed E-state index contributed by atoms with van der Waals surface area (Å²) in [6, 6.07) is -0.281. The van der Waals surface area contributed by atoms with Crippen LogP contribution in [0.4, 0.5) is 4.79 Å². The molecule has 0 bridgehead atoms. The highest BCUT2D eigenvalue weighted by Crippen LogP contribution is 1.93. The number of carbonyl (C=O) groups excluding carboxylic acids is 2. The fourth-order valence-electron chi connectivity index (χ4n) is 0.748. The van der Waals surface area contributed by atoms with Gasteiger partial charge in [-0.05, 0) is 6.42 Å². The molecule has 3 amide bonds. The molecule has 1 heterocycles. The third kappa shape index (κ3) is 1.19. The molecule has 50 valence electrons. The Balaban J connectivity index is 2.48. The second kappa shape index (κ2) is 2.48. The standard InChI is InChI=1S/C5H8N2O2/c8-4-7-3-1-2-6-5(7)9/h4H,1-3H2,(H,6,9). The van der Waals surface area contributed by atoms with Gasteiger partial charge in [0.1, 0.15) is 0 Å². The van der Waals surface area contributed by atoms with Crippen LogP contribution in [0.5, 0.6) is 0 Å². The highest BCUT2D eigenvalue weighted by Gasteiger charge is 2.14. The van der Waals surface area contributed by atoms with Crippen LogP contribution in [0.25, 0.3) is 0 Å². The minimum Gasteiger partial charge on any atom is -0.338 e. The first-order chi connectivity index (χ1) is 4.34. The van der Waals surface area contributed by atoms with Gasteiger partial charge in [-0.15, -0.1) is 0 Å². The average molecular weight is 128 g/mol. The lowest BCUT2D eigenvalue weighted by Crippen LogP contribution is -2.45. The lowest BCUT2D eigenvalue weighted by Gasteiger charge is -2.20. The van der Waals surface area contributed by atoms with Gasteiger partial charge < -0.3 is 5.32 Å². The van der Waals surface area contributed by atoms with Crippen molar-refractivity contribution in [1.29, 1.82) is 0 Å². The van der Waals surface area contributed by atoms with Gasteiger partial charge in [0.25, 0.3) is 0 Å². The van der Waals surface area contributed by atoms with Gasteiger partial charge in [0.2, 0.25) is 6.41 Å². The number of urea groups is 1. The first kappa shape index (κ1) is 6.07. The van der Waals surface area contributed by atoms with Crippen LogP contribution < -0.4 is 5.32 Å². The molecule has 1 rings (SSSR count). The van der Waals surface area contributed by atoms with Crippen molar-refractivity contribution in [3.8, 4) is 0 Å². The summed E-state index contributed by atoms with van der Waals surface area (Å²) in [7, 11) is 0. The maximum absolute atomic E-state index is 10.6. The van der Waals surface area contributed by atoms with E-state index in [0.717, 1.165) is 11.3 Å². The molecule has 0 aromatic carbocycles. The van der Waals surface area contributed by atoms with Gasteiger partial charge in [0.05, 0.1) is 0 Å². The van der Waals surface area contributed by atoms with Gasteiger partial charge in [0, 0.05) is 13.1 Å². The van der Waals surface area contributed by atoms with Gasteiger partial charge >= 0.3 is 6.03 Å². The van der Waals surface area contributed by atoms with Crippen LogP contribution >= 0.6 is 0 Å². The zero-order chi connectivity index (χ0) is 6.69. The minimum atomic E-state index is -0.281. The highest BCUT2D eigenvalue weighted by molar-refractivity contribution is 5.85. The number of amides is 3. The van der Waals surface area contributed by atoms with E-state index < -0.39 is 0 Å². The fraction of sp³-hybridized carbons (Fsp3) is 0.600. The lowest BCUT2D eigenvalue weighted by molar-refractivity contribution is -0.116. The minimum absolute atomic E-state index is 0.281. The predicted molar refractivity (Wildman–Crippen MR) is 30.8 cm³/mol. The van der Waals surface area contributed by atoms with E-state index >= 15 is 0 Å². The topological polar surface area (TPSA) is 49.4 Å². The molecule has 0 aliphatic carbocycles. The van der Waals surface area contributed by atoms with E-state index in [2.05, 4.69) is 5.32 Å². The van der Waals surface area contributed by atoms with Crippen molar-refractivity contribution < 1.29 is 9.59 Å². The molecule has 9 heavy (non-hydrogen) atoms. The number of hydrogen-bond donors (Lipinski definition) is 1. The first-order valence-corrected chi connectivity index (χ1v) is 2.84. The molecule has 1 aliphatic heterocycles. The molecule has 1 saturated heterocycles. The Bertz CT molecular complexity index is 135. The second-order valence-corrected chi connectivity index (χ2v) is 1.88. The summed E-state index contributed by atoms with van der Waals surface area (Å²) < 4.78 is 0. The normalized spacial score (nSPS) is 19.1. The molecule has 0 unspecified atom stereocenters. The Morgan fingerprint density at radius 1 is 1.67 bits per heavy atom. The van der Waals surface area contributed by atoms with Crippen LogP contribution in [0, 0.1) is 0 Å². The average Bonchev–Trinajstić information content (AvgIpc) is 1.89. The number of rotatable bonds is 1. The summed E-state index contributed by atoms with van der Waals surface area (Å²) >= 11 is 0. The van der Waals surface area contributed by atoms with Crippen LogP contribution in [0.1, 0.15) is 6.42 Å². The number of carbonyl (C=O) groups is 2. The predicted octanol–water partition coefficient (Wildman–Crippen LogP) is -0.442. The Morgan fingerprint density at radius 2 is 2.44 bits per heavy atom. The van der Waals surface area contributed by atoms with Gasteiger partial charge in [-0.2, -0.15) is 0 Å². The fourth-order valence-corrected chi connectivity index (χ4v) is 0.748. The van der Waals surface area contributed by atoms with E-state index in [1.54, 1.807) is 0 Å². The van der Waals surface area contributed by atoms with Crippen molar-refractivity contribution in [3.63, 3.8) is 0 Å². The number of imide groups is 1. The third-order valence-corrected chi connectivity index (χ3v) is 1.24. The van der Waals surface area contributed by atoms with E-state index in [-0.39, 0.29) is 6.03 Å². The van der Waals surface area contributed by atoms with Gasteiger partial charge in [-0.1, -0.05) is 0 Å². The molecule has 1 aliphatic rings. The van der Waals surface area contributed by atoms with Gasteiger partial charge in [-0.3, -0.25) is 9.69 Å². The molecule has 0 spiro atoms. The summed E-state index contributed by atoms with van der Waals surface area (Å²) in [6.07, 6.45) is 1.40. The van der Waals surface area contributed by atoms with Crippen LogP contribution in [0.2, 0.25) is 0 Å². The van der Waals surface area contributed by atoms with Crippen LogP contribution in [-0.4, -0.2) is 30.4 Å². The zero-order valence-electron chi connectivity index (χ0n) is 4.96. The summed E-state index contributed by atoms with van der Waals surface area (Å²) in [5.74, 6) is 0. The molecule has 0 atom stereocenters. The van der Waals surface area contributed by atoms with Crippen LogP contribution in [-0.2, 0) is 4.79 Å². The first-order valence-electron chi connectivity index (χ1n) is 2.84. The van der Waals surface area contributed by atoms with Crippen molar-refractivity contribution in [2.24, 2.45) is 0 Å². The van der Waals surface area contributed by atoms with E-state index in [0.29, 0.717) is 19.5 Å². The summed E-state index contributed by atoms with van der Waals surface area (Å²) in [5, 5.41) is 2.54. The molecule has 0 radical (unpaired) electrons. The second-order valence-electron chi connectivity index (χ2n) is 1.88. The SMILES string of the molecule is O=CN1CCCNC1=O. The lowest BCUT2D eigenvalue weighted by atomic mass is 10.3. The van der Waals surface area contributed by atoms with Crippen molar-refractivity contribution >= 4 is 12.4 Å². The molecule has 1 N–H and O–H groups in total. The zero-order valence-corrected chi connectivity index (χ0v) is 4.96. The number of nitrogens with one attached hydrogen (secondary N) is 1. The molecule has 1 fully saturated rings. The van der Waals surface area contributed by atoms with Crippen LogP contribution in [0.15, 0.2) is 0 Å².